The van der Waals surface area contributed by atoms with Crippen molar-refractivity contribution in [3.63, 3.8) is 0 Å². The summed E-state index contributed by atoms with van der Waals surface area (Å²) in [5, 5.41) is 12.1. The van der Waals surface area contributed by atoms with Gasteiger partial charge in [0.2, 0.25) is 12.2 Å². The van der Waals surface area contributed by atoms with Crippen molar-refractivity contribution >= 4 is 29.5 Å². The molecule has 0 fully saturated rings. The lowest BCUT2D eigenvalue weighted by Gasteiger charge is -2.23. The van der Waals surface area contributed by atoms with Crippen LogP contribution in [-0.2, 0) is 19.1 Å². The van der Waals surface area contributed by atoms with Gasteiger partial charge in [-0.3, -0.25) is 4.79 Å². The van der Waals surface area contributed by atoms with Gasteiger partial charge in [0.25, 0.3) is 5.91 Å². The molecule has 3 rings (SSSR count). The normalized spacial score (nSPS) is 12.2. The lowest BCUT2D eigenvalue weighted by molar-refractivity contribution is -0.157. The molecule has 2 atom stereocenters. The zero-order valence-electron chi connectivity index (χ0n) is 18.9. The monoisotopic (exact) mass is 479 g/mol. The number of ether oxygens (including phenoxy) is 2. The average Bonchev–Trinajstić information content (AvgIpc) is 2.83. The van der Waals surface area contributed by atoms with Crippen molar-refractivity contribution in [3.05, 3.63) is 101 Å². The van der Waals surface area contributed by atoms with E-state index in [4.69, 9.17) is 9.47 Å². The summed E-state index contributed by atoms with van der Waals surface area (Å²) in [6, 6.07) is 16.9. The molecule has 0 saturated carbocycles. The molecule has 0 aromatic heterocycles. The molecule has 2 N–H and O–H groups in total. The highest BCUT2D eigenvalue weighted by atomic mass is 19.1. The Bertz CT molecular complexity index is 1220. The molecule has 0 spiro atoms. The Morgan fingerprint density at radius 3 is 1.57 bits per heavy atom. The standard InChI is InChI=1S/C26H22FNO7/c1-15-3-7-17(8-4-15)25(32)34-21(23(29)28-20-13-11-19(27)12-14-20)22(24(30)31)35-26(33)18-9-5-16(2)6-10-18/h3-14,21-22H,1-2H3,(H,28,29)(H,30,31). The molecule has 180 valence electrons. The van der Waals surface area contributed by atoms with E-state index >= 15 is 0 Å². The van der Waals surface area contributed by atoms with Crippen LogP contribution in [-0.4, -0.2) is 41.1 Å². The van der Waals surface area contributed by atoms with E-state index in [0.717, 1.165) is 23.3 Å². The van der Waals surface area contributed by atoms with E-state index in [2.05, 4.69) is 5.32 Å². The summed E-state index contributed by atoms with van der Waals surface area (Å²) in [4.78, 5) is 50.3. The molecule has 3 aromatic rings. The first-order chi connectivity index (χ1) is 16.6. The molecule has 35 heavy (non-hydrogen) atoms. The minimum absolute atomic E-state index is 0.0457. The van der Waals surface area contributed by atoms with Crippen LogP contribution in [0.15, 0.2) is 72.8 Å². The first kappa shape index (κ1) is 25.1. The highest BCUT2D eigenvalue weighted by Crippen LogP contribution is 2.17. The maximum Gasteiger partial charge on any atom is 0.349 e. The summed E-state index contributed by atoms with van der Waals surface area (Å²) in [6.07, 6.45) is -4.22. The van der Waals surface area contributed by atoms with Gasteiger partial charge in [-0.1, -0.05) is 35.4 Å². The Hall–Kier alpha value is -4.53. The smallest absolute Gasteiger partial charge is 0.349 e. The van der Waals surface area contributed by atoms with Crippen LogP contribution in [0.5, 0.6) is 0 Å². The molecular weight excluding hydrogens is 457 g/mol. The number of halogens is 1. The fourth-order valence-electron chi connectivity index (χ4n) is 2.99. The Morgan fingerprint density at radius 2 is 1.14 bits per heavy atom. The Balaban J connectivity index is 1.90. The van der Waals surface area contributed by atoms with Gasteiger partial charge >= 0.3 is 17.9 Å². The van der Waals surface area contributed by atoms with E-state index in [1.54, 1.807) is 38.1 Å². The largest absolute Gasteiger partial charge is 0.478 e. The number of anilines is 1. The molecule has 0 aliphatic carbocycles. The lowest BCUT2D eigenvalue weighted by atomic mass is 10.1. The third-order valence-corrected chi connectivity index (χ3v) is 4.93. The molecule has 3 aromatic carbocycles. The van der Waals surface area contributed by atoms with E-state index in [1.165, 1.54) is 36.4 Å². The minimum atomic E-state index is -2.17. The predicted octanol–water partition coefficient (Wildman–Crippen LogP) is 3.92. The number of nitrogens with one attached hydrogen (secondary N) is 1. The molecule has 0 bridgehead atoms. The van der Waals surface area contributed by atoms with Gasteiger partial charge in [-0.2, -0.15) is 0 Å². The number of carbonyl (C=O) groups is 4. The molecule has 1 amide bonds. The first-order valence-corrected chi connectivity index (χ1v) is 10.5. The second-order valence-corrected chi connectivity index (χ2v) is 7.72. The SMILES string of the molecule is Cc1ccc(C(=O)OC(C(=O)O)C(OC(=O)c2ccc(C)cc2)C(=O)Nc2ccc(F)cc2)cc1. The van der Waals surface area contributed by atoms with Crippen LogP contribution in [0.3, 0.4) is 0 Å². The number of rotatable bonds is 8. The van der Waals surface area contributed by atoms with Gasteiger partial charge in [0.05, 0.1) is 11.1 Å². The summed E-state index contributed by atoms with van der Waals surface area (Å²) in [5.74, 6) is -5.37. The summed E-state index contributed by atoms with van der Waals surface area (Å²) >= 11 is 0. The van der Waals surface area contributed by atoms with Crippen LogP contribution >= 0.6 is 0 Å². The van der Waals surface area contributed by atoms with Gasteiger partial charge in [0.1, 0.15) is 5.82 Å². The van der Waals surface area contributed by atoms with Gasteiger partial charge in [-0.25, -0.2) is 18.8 Å². The first-order valence-electron chi connectivity index (χ1n) is 10.5. The maximum atomic E-state index is 13.2. The number of hydrogen-bond acceptors (Lipinski definition) is 6. The Morgan fingerprint density at radius 1 is 0.714 bits per heavy atom. The fourth-order valence-corrected chi connectivity index (χ4v) is 2.99. The lowest BCUT2D eigenvalue weighted by Crippen LogP contribution is -2.48. The van der Waals surface area contributed by atoms with Crippen molar-refractivity contribution in [2.45, 2.75) is 26.1 Å². The molecule has 0 heterocycles. The molecule has 0 aliphatic heterocycles. The van der Waals surface area contributed by atoms with Gasteiger partial charge in [0.15, 0.2) is 0 Å². The number of hydrogen-bond donors (Lipinski definition) is 2. The van der Waals surface area contributed by atoms with E-state index in [1.807, 2.05) is 0 Å². The number of aryl methyl sites for hydroxylation is 2. The second-order valence-electron chi connectivity index (χ2n) is 7.72. The summed E-state index contributed by atoms with van der Waals surface area (Å²) < 4.78 is 23.5. The van der Waals surface area contributed by atoms with Crippen LogP contribution in [0, 0.1) is 19.7 Å². The number of benzene rings is 3. The zero-order chi connectivity index (χ0) is 25.5. The quantitative estimate of drug-likeness (QED) is 0.470. The Kier molecular flexibility index (Phi) is 7.93. The third kappa shape index (κ3) is 6.73. The summed E-state index contributed by atoms with van der Waals surface area (Å²) in [5.41, 5.74) is 1.94. The van der Waals surface area contributed by atoms with Gasteiger partial charge in [0, 0.05) is 5.69 Å². The third-order valence-electron chi connectivity index (χ3n) is 4.93. The van der Waals surface area contributed by atoms with Gasteiger partial charge in [-0.05, 0) is 62.4 Å². The fraction of sp³-hybridized carbons (Fsp3) is 0.154. The van der Waals surface area contributed by atoms with Gasteiger partial charge in [-0.15, -0.1) is 0 Å². The highest BCUT2D eigenvalue weighted by molar-refractivity contribution is 6.01. The molecule has 0 saturated heterocycles. The van der Waals surface area contributed by atoms with Crippen LogP contribution in [0.1, 0.15) is 31.8 Å². The number of carboxylic acid groups (broad SMARTS) is 1. The van der Waals surface area contributed by atoms with Crippen molar-refractivity contribution in [1.29, 1.82) is 0 Å². The van der Waals surface area contributed by atoms with Crippen LogP contribution in [0.25, 0.3) is 0 Å². The van der Waals surface area contributed by atoms with E-state index in [-0.39, 0.29) is 16.8 Å². The summed E-state index contributed by atoms with van der Waals surface area (Å²) in [7, 11) is 0. The van der Waals surface area contributed by atoms with Crippen molar-refractivity contribution < 1.29 is 38.1 Å². The van der Waals surface area contributed by atoms with Crippen molar-refractivity contribution in [2.24, 2.45) is 0 Å². The number of carboxylic acids is 1. The highest BCUT2D eigenvalue weighted by Gasteiger charge is 2.41. The zero-order valence-corrected chi connectivity index (χ0v) is 18.9. The van der Waals surface area contributed by atoms with Crippen LogP contribution < -0.4 is 5.32 Å². The number of esters is 2. The van der Waals surface area contributed by atoms with Crippen molar-refractivity contribution in [1.82, 2.24) is 0 Å². The average molecular weight is 479 g/mol. The molecular formula is C26H22FNO7. The van der Waals surface area contributed by atoms with E-state index in [0.29, 0.717) is 0 Å². The minimum Gasteiger partial charge on any atom is -0.478 e. The van der Waals surface area contributed by atoms with Crippen molar-refractivity contribution in [3.8, 4) is 0 Å². The molecule has 0 radical (unpaired) electrons. The van der Waals surface area contributed by atoms with Crippen LogP contribution in [0.2, 0.25) is 0 Å². The number of carbonyl (C=O) groups excluding carboxylic acids is 3. The molecule has 2 unspecified atom stereocenters. The number of aliphatic carboxylic acids is 1. The molecule has 9 heteroatoms. The van der Waals surface area contributed by atoms with E-state index < -0.39 is 41.8 Å². The maximum absolute atomic E-state index is 13.2. The van der Waals surface area contributed by atoms with Crippen molar-refractivity contribution in [2.75, 3.05) is 5.32 Å². The van der Waals surface area contributed by atoms with Gasteiger partial charge < -0.3 is 19.9 Å². The Labute approximate surface area is 200 Å². The predicted molar refractivity (Wildman–Crippen MR) is 123 cm³/mol. The molecule has 8 nitrogen and oxygen atoms in total. The topological polar surface area (TPSA) is 119 Å². The van der Waals surface area contributed by atoms with Crippen LogP contribution in [0.4, 0.5) is 10.1 Å². The summed E-state index contributed by atoms with van der Waals surface area (Å²) in [6.45, 7) is 3.61. The van der Waals surface area contributed by atoms with E-state index in [9.17, 15) is 28.7 Å². The number of amides is 1. The second kappa shape index (κ2) is 11.1. The molecule has 0 aliphatic rings.